The molecule has 0 bridgehead atoms. The van der Waals surface area contributed by atoms with Gasteiger partial charge in [-0.15, -0.1) is 0 Å². The summed E-state index contributed by atoms with van der Waals surface area (Å²) in [4.78, 5) is 17.7. The Bertz CT molecular complexity index is 595. The summed E-state index contributed by atoms with van der Waals surface area (Å²) in [6.45, 7) is 2.45. The number of anilines is 3. The highest BCUT2D eigenvalue weighted by atomic mass is 16.5. The van der Waals surface area contributed by atoms with E-state index in [1.165, 1.54) is 6.33 Å². The smallest absolute Gasteiger partial charge is 0.276 e. The Morgan fingerprint density at radius 2 is 2.22 bits per heavy atom. The molecule has 0 amide bonds. The Hall–Kier alpha value is -2.50. The van der Waals surface area contributed by atoms with Crippen LogP contribution in [0.1, 0.15) is 6.92 Å². The zero-order valence-corrected chi connectivity index (χ0v) is 9.93. The van der Waals surface area contributed by atoms with Crippen molar-refractivity contribution in [3.05, 3.63) is 40.9 Å². The Morgan fingerprint density at radius 3 is 3.00 bits per heavy atom. The lowest BCUT2D eigenvalue weighted by atomic mass is 10.3. The second-order valence-electron chi connectivity index (χ2n) is 3.55. The Kier molecular flexibility index (Phi) is 3.47. The first-order valence-electron chi connectivity index (χ1n) is 5.54. The molecule has 4 N–H and O–H groups in total. The van der Waals surface area contributed by atoms with E-state index in [1.54, 1.807) is 0 Å². The van der Waals surface area contributed by atoms with Gasteiger partial charge in [0, 0.05) is 0 Å². The van der Waals surface area contributed by atoms with Crippen molar-refractivity contribution in [1.29, 1.82) is 0 Å². The molecular weight excluding hydrogens is 232 g/mol. The van der Waals surface area contributed by atoms with Crippen LogP contribution in [0, 0.1) is 0 Å². The summed E-state index contributed by atoms with van der Waals surface area (Å²) in [5.41, 5.74) is 6.03. The van der Waals surface area contributed by atoms with Crippen LogP contribution in [0.4, 0.5) is 17.2 Å². The number of aromatic amines is 1. The fourth-order valence-corrected chi connectivity index (χ4v) is 1.49. The van der Waals surface area contributed by atoms with Crippen molar-refractivity contribution in [3.8, 4) is 5.75 Å². The lowest BCUT2D eigenvalue weighted by Crippen LogP contribution is -2.14. The van der Waals surface area contributed by atoms with Crippen molar-refractivity contribution < 1.29 is 4.74 Å². The van der Waals surface area contributed by atoms with Crippen molar-refractivity contribution in [2.24, 2.45) is 0 Å². The average Bonchev–Trinajstić information content (AvgIpc) is 2.37. The van der Waals surface area contributed by atoms with Gasteiger partial charge in [0.15, 0.2) is 5.82 Å². The summed E-state index contributed by atoms with van der Waals surface area (Å²) in [5.74, 6) is 0.993. The number of nitrogens with two attached hydrogens (primary N) is 1. The van der Waals surface area contributed by atoms with E-state index >= 15 is 0 Å². The molecule has 1 aromatic heterocycles. The van der Waals surface area contributed by atoms with Crippen LogP contribution in [0.5, 0.6) is 5.75 Å². The average molecular weight is 246 g/mol. The Balaban J connectivity index is 2.34. The number of aromatic nitrogens is 2. The van der Waals surface area contributed by atoms with Gasteiger partial charge in [-0.3, -0.25) is 4.79 Å². The minimum Gasteiger partial charge on any atom is -0.492 e. The third-order valence-corrected chi connectivity index (χ3v) is 2.33. The van der Waals surface area contributed by atoms with E-state index in [2.05, 4.69) is 15.3 Å². The van der Waals surface area contributed by atoms with E-state index < -0.39 is 0 Å². The highest BCUT2D eigenvalue weighted by molar-refractivity contribution is 5.71. The quantitative estimate of drug-likeness (QED) is 0.760. The molecule has 0 spiro atoms. The van der Waals surface area contributed by atoms with Gasteiger partial charge in [0.05, 0.1) is 18.6 Å². The lowest BCUT2D eigenvalue weighted by Gasteiger charge is -2.12. The number of nitrogens with zero attached hydrogens (tertiary/aromatic N) is 1. The number of benzene rings is 1. The fourth-order valence-electron chi connectivity index (χ4n) is 1.49. The molecule has 1 aromatic carbocycles. The third-order valence-electron chi connectivity index (χ3n) is 2.33. The lowest BCUT2D eigenvalue weighted by molar-refractivity contribution is 0.342. The Morgan fingerprint density at radius 1 is 1.44 bits per heavy atom. The maximum Gasteiger partial charge on any atom is 0.276 e. The van der Waals surface area contributed by atoms with Crippen LogP contribution in [0.3, 0.4) is 0 Å². The number of rotatable bonds is 4. The van der Waals surface area contributed by atoms with Gasteiger partial charge in [0.25, 0.3) is 5.56 Å². The molecule has 0 unspecified atom stereocenters. The summed E-state index contributed by atoms with van der Waals surface area (Å²) in [6.07, 6.45) is 1.30. The highest BCUT2D eigenvalue weighted by Gasteiger charge is 2.07. The van der Waals surface area contributed by atoms with Gasteiger partial charge in [-0.25, -0.2) is 4.98 Å². The standard InChI is InChI=1S/C12H14N4O2/c1-2-18-9-6-4-3-5-8(9)16-11-10(13)12(17)15-7-14-11/h3-7H,2,13H2,1H3,(H2,14,15,16,17). The maximum atomic E-state index is 11.3. The molecule has 0 radical (unpaired) electrons. The first kappa shape index (κ1) is 12.0. The number of hydrogen-bond acceptors (Lipinski definition) is 5. The molecule has 94 valence electrons. The molecule has 0 saturated heterocycles. The molecular formula is C12H14N4O2. The van der Waals surface area contributed by atoms with Crippen LogP contribution in [-0.4, -0.2) is 16.6 Å². The van der Waals surface area contributed by atoms with Crippen LogP contribution < -0.4 is 21.3 Å². The second-order valence-corrected chi connectivity index (χ2v) is 3.55. The second kappa shape index (κ2) is 5.22. The first-order valence-corrected chi connectivity index (χ1v) is 5.54. The largest absolute Gasteiger partial charge is 0.492 e. The number of hydrogen-bond donors (Lipinski definition) is 3. The molecule has 0 fully saturated rings. The SMILES string of the molecule is CCOc1ccccc1Nc1nc[nH]c(=O)c1N. The number of nitrogen functional groups attached to an aromatic ring is 1. The monoisotopic (exact) mass is 246 g/mol. The normalized spacial score (nSPS) is 10.1. The molecule has 6 nitrogen and oxygen atoms in total. The van der Waals surface area contributed by atoms with Crippen LogP contribution in [0.15, 0.2) is 35.4 Å². The van der Waals surface area contributed by atoms with Gasteiger partial charge in [0.2, 0.25) is 0 Å². The van der Waals surface area contributed by atoms with Gasteiger partial charge in [-0.1, -0.05) is 12.1 Å². The predicted octanol–water partition coefficient (Wildman–Crippen LogP) is 1.49. The van der Waals surface area contributed by atoms with Crippen LogP contribution in [0.2, 0.25) is 0 Å². The van der Waals surface area contributed by atoms with Gasteiger partial charge >= 0.3 is 0 Å². The molecule has 2 rings (SSSR count). The molecule has 1 heterocycles. The van der Waals surface area contributed by atoms with Crippen molar-refractivity contribution in [2.45, 2.75) is 6.92 Å². The van der Waals surface area contributed by atoms with Gasteiger partial charge in [-0.2, -0.15) is 0 Å². The molecule has 0 aliphatic carbocycles. The summed E-state index contributed by atoms with van der Waals surface area (Å²) in [7, 11) is 0. The van der Waals surface area contributed by atoms with Crippen LogP contribution in [0.25, 0.3) is 0 Å². The number of nitrogens with one attached hydrogen (secondary N) is 2. The molecule has 6 heteroatoms. The number of H-pyrrole nitrogens is 1. The van der Waals surface area contributed by atoms with E-state index in [4.69, 9.17) is 10.5 Å². The minimum absolute atomic E-state index is 0.0452. The highest BCUT2D eigenvalue weighted by Crippen LogP contribution is 2.27. The fraction of sp³-hybridized carbons (Fsp3) is 0.167. The Labute approximate surface area is 104 Å². The topological polar surface area (TPSA) is 93.0 Å². The molecule has 2 aromatic rings. The summed E-state index contributed by atoms with van der Waals surface area (Å²) in [6, 6.07) is 7.38. The van der Waals surface area contributed by atoms with Gasteiger partial charge < -0.3 is 20.8 Å². The molecule has 0 saturated carbocycles. The van der Waals surface area contributed by atoms with E-state index in [1.807, 2.05) is 31.2 Å². The summed E-state index contributed by atoms with van der Waals surface area (Å²) >= 11 is 0. The van der Waals surface area contributed by atoms with E-state index in [0.717, 1.165) is 0 Å². The minimum atomic E-state index is -0.374. The van der Waals surface area contributed by atoms with E-state index in [0.29, 0.717) is 23.9 Å². The van der Waals surface area contributed by atoms with Gasteiger partial charge in [0.1, 0.15) is 11.4 Å². The van der Waals surface area contributed by atoms with E-state index in [9.17, 15) is 4.79 Å². The number of para-hydroxylation sites is 2. The zero-order valence-electron chi connectivity index (χ0n) is 9.93. The summed E-state index contributed by atoms with van der Waals surface area (Å²) < 4.78 is 5.46. The predicted molar refractivity (Wildman–Crippen MR) is 70.2 cm³/mol. The van der Waals surface area contributed by atoms with Crippen molar-refractivity contribution >= 4 is 17.2 Å². The molecule has 0 atom stereocenters. The van der Waals surface area contributed by atoms with E-state index in [-0.39, 0.29) is 11.2 Å². The van der Waals surface area contributed by atoms with Crippen LogP contribution in [-0.2, 0) is 0 Å². The van der Waals surface area contributed by atoms with Crippen molar-refractivity contribution in [3.63, 3.8) is 0 Å². The molecule has 0 aliphatic rings. The maximum absolute atomic E-state index is 11.3. The molecule has 0 aliphatic heterocycles. The van der Waals surface area contributed by atoms with Crippen molar-refractivity contribution in [1.82, 2.24) is 9.97 Å². The zero-order chi connectivity index (χ0) is 13.0. The van der Waals surface area contributed by atoms with Crippen LogP contribution >= 0.6 is 0 Å². The van der Waals surface area contributed by atoms with Crippen molar-refractivity contribution in [2.75, 3.05) is 17.7 Å². The number of ether oxygens (including phenoxy) is 1. The third kappa shape index (κ3) is 2.42. The van der Waals surface area contributed by atoms with Gasteiger partial charge in [-0.05, 0) is 19.1 Å². The first-order chi connectivity index (χ1) is 8.72. The molecule has 18 heavy (non-hydrogen) atoms. The summed E-state index contributed by atoms with van der Waals surface area (Å²) in [5, 5.41) is 2.99.